The Morgan fingerprint density at radius 3 is 2.41 bits per heavy atom. The molecule has 0 aliphatic rings. The van der Waals surface area contributed by atoms with Gasteiger partial charge in [0.15, 0.2) is 6.79 Å². The number of ketones is 1. The van der Waals surface area contributed by atoms with E-state index in [0.29, 0.717) is 5.75 Å². The summed E-state index contributed by atoms with van der Waals surface area (Å²) < 4.78 is 21.5. The van der Waals surface area contributed by atoms with Crippen LogP contribution in [0.25, 0.3) is 0 Å². The van der Waals surface area contributed by atoms with Gasteiger partial charge in [-0.05, 0) is 36.8 Å². The number of nitro groups is 1. The quantitative estimate of drug-likeness (QED) is 0.135. The number of carbonyl (C=O) groups excluding carboxylic acids is 2. The van der Waals surface area contributed by atoms with E-state index < -0.39 is 22.4 Å². The van der Waals surface area contributed by atoms with Crippen LogP contribution in [0.5, 0.6) is 11.5 Å². The molecule has 0 radical (unpaired) electrons. The van der Waals surface area contributed by atoms with Crippen LogP contribution >= 0.6 is 0 Å². The highest BCUT2D eigenvalue weighted by molar-refractivity contribution is 6.14. The molecule has 0 N–H and O–H groups in total. The van der Waals surface area contributed by atoms with Gasteiger partial charge in [-0.2, -0.15) is 0 Å². The van der Waals surface area contributed by atoms with Gasteiger partial charge in [0.1, 0.15) is 22.8 Å². The molecule has 0 saturated carbocycles. The highest BCUT2D eigenvalue weighted by Crippen LogP contribution is 2.28. The SMILES string of the molecule is CCOC(=O)c1nnn(Cc2ccc(OC)cc2)c1C(=O)c1cc(OCOC)ccc1[N+](=O)[O-]. The van der Waals surface area contributed by atoms with Crippen LogP contribution in [0.4, 0.5) is 5.69 Å². The molecule has 12 heteroatoms. The van der Waals surface area contributed by atoms with Crippen molar-refractivity contribution in [3.05, 3.63) is 75.1 Å². The predicted octanol–water partition coefficient (Wildman–Crippen LogP) is 2.63. The van der Waals surface area contributed by atoms with Gasteiger partial charge < -0.3 is 18.9 Å². The second kappa shape index (κ2) is 11.0. The molecule has 0 amide bonds. The third-order valence-corrected chi connectivity index (χ3v) is 4.66. The molecule has 0 unspecified atom stereocenters. The topological polar surface area (TPSA) is 145 Å². The van der Waals surface area contributed by atoms with E-state index in [4.69, 9.17) is 18.9 Å². The summed E-state index contributed by atoms with van der Waals surface area (Å²) in [5, 5.41) is 19.4. The zero-order valence-corrected chi connectivity index (χ0v) is 18.7. The first-order valence-electron chi connectivity index (χ1n) is 10.1. The number of ether oxygens (including phenoxy) is 4. The number of esters is 1. The molecule has 3 rings (SSSR count). The zero-order valence-electron chi connectivity index (χ0n) is 18.7. The highest BCUT2D eigenvalue weighted by Gasteiger charge is 2.32. The summed E-state index contributed by atoms with van der Waals surface area (Å²) in [7, 11) is 2.94. The maximum Gasteiger partial charge on any atom is 0.361 e. The molecule has 1 aromatic heterocycles. The third kappa shape index (κ3) is 5.35. The molecule has 0 saturated heterocycles. The first-order chi connectivity index (χ1) is 16.4. The van der Waals surface area contributed by atoms with E-state index in [0.717, 1.165) is 11.6 Å². The van der Waals surface area contributed by atoms with Crippen molar-refractivity contribution in [3.63, 3.8) is 0 Å². The lowest BCUT2D eigenvalue weighted by molar-refractivity contribution is -0.385. The minimum Gasteiger partial charge on any atom is -0.497 e. The smallest absolute Gasteiger partial charge is 0.361 e. The standard InChI is InChI=1S/C22H22N4O8/c1-4-33-22(28)19-20(25(24-23-19)12-14-5-7-15(32-3)8-6-14)21(27)17-11-16(34-13-31-2)9-10-18(17)26(29)30/h5-11H,4,12-13H2,1-3H3. The van der Waals surface area contributed by atoms with Crippen molar-refractivity contribution >= 4 is 17.4 Å². The lowest BCUT2D eigenvalue weighted by Crippen LogP contribution is -2.18. The van der Waals surface area contributed by atoms with E-state index in [1.54, 1.807) is 31.2 Å². The number of methoxy groups -OCH3 is 2. The Hall–Kier alpha value is -4.32. The predicted molar refractivity (Wildman–Crippen MR) is 117 cm³/mol. The molecule has 2 aromatic carbocycles. The van der Waals surface area contributed by atoms with Crippen molar-refractivity contribution in [3.8, 4) is 11.5 Å². The largest absolute Gasteiger partial charge is 0.497 e. The first-order valence-corrected chi connectivity index (χ1v) is 10.1. The monoisotopic (exact) mass is 470 g/mol. The van der Waals surface area contributed by atoms with Gasteiger partial charge in [-0.15, -0.1) is 5.10 Å². The second-order valence-corrected chi connectivity index (χ2v) is 6.83. The number of hydrogen-bond acceptors (Lipinski definition) is 10. The van der Waals surface area contributed by atoms with Crippen molar-refractivity contribution in [2.24, 2.45) is 0 Å². The Labute approximate surface area is 194 Å². The molecular weight excluding hydrogens is 448 g/mol. The molecule has 178 valence electrons. The number of hydrogen-bond donors (Lipinski definition) is 0. The van der Waals surface area contributed by atoms with Gasteiger partial charge in [0.25, 0.3) is 5.69 Å². The van der Waals surface area contributed by atoms with Crippen LogP contribution in [0.2, 0.25) is 0 Å². The van der Waals surface area contributed by atoms with Gasteiger partial charge in [0, 0.05) is 13.2 Å². The van der Waals surface area contributed by atoms with E-state index in [9.17, 15) is 19.7 Å². The van der Waals surface area contributed by atoms with Gasteiger partial charge in [0.05, 0.1) is 25.2 Å². The fourth-order valence-corrected chi connectivity index (χ4v) is 3.09. The molecule has 34 heavy (non-hydrogen) atoms. The molecule has 12 nitrogen and oxygen atoms in total. The zero-order chi connectivity index (χ0) is 24.7. The van der Waals surface area contributed by atoms with Crippen LogP contribution in [-0.4, -0.2) is 59.3 Å². The van der Waals surface area contributed by atoms with Gasteiger partial charge in [-0.1, -0.05) is 17.3 Å². The lowest BCUT2D eigenvalue weighted by Gasteiger charge is -2.10. The van der Waals surface area contributed by atoms with E-state index in [1.165, 1.54) is 31.0 Å². The Balaban J connectivity index is 2.10. The Kier molecular flexibility index (Phi) is 7.88. The average Bonchev–Trinajstić information content (AvgIpc) is 3.26. The summed E-state index contributed by atoms with van der Waals surface area (Å²) in [5.74, 6) is -0.908. The van der Waals surface area contributed by atoms with Crippen molar-refractivity contribution < 1.29 is 33.5 Å². The van der Waals surface area contributed by atoms with Crippen molar-refractivity contribution in [2.45, 2.75) is 13.5 Å². The minimum absolute atomic E-state index is 0.0400. The molecule has 0 bridgehead atoms. The fourth-order valence-electron chi connectivity index (χ4n) is 3.09. The van der Waals surface area contributed by atoms with E-state index >= 15 is 0 Å². The summed E-state index contributed by atoms with van der Waals surface area (Å²) in [4.78, 5) is 37.0. The molecule has 0 aliphatic heterocycles. The number of benzene rings is 2. The van der Waals surface area contributed by atoms with Crippen LogP contribution in [-0.2, 0) is 16.0 Å². The molecule has 0 spiro atoms. The maximum absolute atomic E-state index is 13.6. The molecular formula is C22H22N4O8. The lowest BCUT2D eigenvalue weighted by atomic mass is 10.0. The van der Waals surface area contributed by atoms with E-state index in [1.807, 2.05) is 0 Å². The summed E-state index contributed by atoms with van der Waals surface area (Å²) in [6.45, 7) is 1.57. The minimum atomic E-state index is -0.874. The van der Waals surface area contributed by atoms with Crippen molar-refractivity contribution in [2.75, 3.05) is 27.6 Å². The molecule has 0 fully saturated rings. The summed E-state index contributed by atoms with van der Waals surface area (Å²) in [5.41, 5.74) is -0.648. The van der Waals surface area contributed by atoms with Crippen LogP contribution < -0.4 is 9.47 Å². The molecule has 1 heterocycles. The van der Waals surface area contributed by atoms with Gasteiger partial charge in [0.2, 0.25) is 11.5 Å². The number of nitrogens with zero attached hydrogens (tertiary/aromatic N) is 4. The van der Waals surface area contributed by atoms with E-state index in [2.05, 4.69) is 10.3 Å². The van der Waals surface area contributed by atoms with Crippen molar-refractivity contribution in [1.82, 2.24) is 15.0 Å². The second-order valence-electron chi connectivity index (χ2n) is 6.83. The van der Waals surface area contributed by atoms with E-state index in [-0.39, 0.29) is 42.6 Å². The summed E-state index contributed by atoms with van der Waals surface area (Å²) in [6, 6.07) is 10.6. The maximum atomic E-state index is 13.6. The van der Waals surface area contributed by atoms with Crippen LogP contribution in [0, 0.1) is 10.1 Å². The molecule has 3 aromatic rings. The number of nitro benzene ring substituents is 1. The first kappa shape index (κ1) is 24.3. The van der Waals surface area contributed by atoms with Gasteiger partial charge >= 0.3 is 5.97 Å². The number of carbonyl (C=O) groups is 2. The number of rotatable bonds is 11. The van der Waals surface area contributed by atoms with Crippen LogP contribution in [0.3, 0.4) is 0 Å². The summed E-state index contributed by atoms with van der Waals surface area (Å²) >= 11 is 0. The van der Waals surface area contributed by atoms with Gasteiger partial charge in [-0.25, -0.2) is 9.48 Å². The van der Waals surface area contributed by atoms with Gasteiger partial charge in [-0.3, -0.25) is 14.9 Å². The number of aromatic nitrogens is 3. The van der Waals surface area contributed by atoms with Crippen LogP contribution in [0.1, 0.15) is 39.0 Å². The van der Waals surface area contributed by atoms with Crippen molar-refractivity contribution in [1.29, 1.82) is 0 Å². The molecule has 0 atom stereocenters. The Bertz CT molecular complexity index is 1190. The van der Waals surface area contributed by atoms with Crippen LogP contribution in [0.15, 0.2) is 42.5 Å². The third-order valence-electron chi connectivity index (χ3n) is 4.66. The Morgan fingerprint density at radius 2 is 1.79 bits per heavy atom. The molecule has 0 aliphatic carbocycles. The summed E-state index contributed by atoms with van der Waals surface area (Å²) in [6.07, 6.45) is 0. The fraction of sp³-hybridized carbons (Fsp3) is 0.273. The highest BCUT2D eigenvalue weighted by atomic mass is 16.7. The normalized spacial score (nSPS) is 10.6. The Morgan fingerprint density at radius 1 is 1.09 bits per heavy atom. The average molecular weight is 470 g/mol.